The molecule has 0 spiro atoms. The summed E-state index contributed by atoms with van der Waals surface area (Å²) in [5.41, 5.74) is 3.40. The van der Waals surface area contributed by atoms with E-state index in [1.54, 1.807) is 12.1 Å². The highest BCUT2D eigenvalue weighted by Crippen LogP contribution is 2.29. The van der Waals surface area contributed by atoms with Gasteiger partial charge in [-0.05, 0) is 55.0 Å². The fourth-order valence-corrected chi connectivity index (χ4v) is 3.88. The van der Waals surface area contributed by atoms with Gasteiger partial charge in [-0.3, -0.25) is 4.79 Å². The molecular weight excluding hydrogens is 362 g/mol. The molecule has 0 aromatic heterocycles. The highest BCUT2D eigenvalue weighted by atomic mass is 32.2. The summed E-state index contributed by atoms with van der Waals surface area (Å²) in [6, 6.07) is 14.3. The SMILES string of the molecule is C[C@H](NCc1ccc(S(N)(=O)=O)cc1)C(=O)N[C@H]1CCCc2ccccc21. The number of carbonyl (C=O) groups is 1. The Morgan fingerprint density at radius 2 is 1.89 bits per heavy atom. The van der Waals surface area contributed by atoms with Gasteiger partial charge >= 0.3 is 0 Å². The van der Waals surface area contributed by atoms with Crippen LogP contribution in [0.3, 0.4) is 0 Å². The quantitative estimate of drug-likeness (QED) is 0.706. The van der Waals surface area contributed by atoms with Crippen molar-refractivity contribution >= 4 is 15.9 Å². The van der Waals surface area contributed by atoms with Gasteiger partial charge in [0, 0.05) is 6.54 Å². The number of sulfonamides is 1. The number of fused-ring (bicyclic) bond motifs is 1. The van der Waals surface area contributed by atoms with Crippen molar-refractivity contribution in [2.45, 2.75) is 49.7 Å². The Kier molecular flexibility index (Phi) is 5.94. The van der Waals surface area contributed by atoms with E-state index in [2.05, 4.69) is 22.8 Å². The number of benzene rings is 2. The third-order valence-corrected chi connectivity index (χ3v) is 5.87. The second-order valence-corrected chi connectivity index (χ2v) is 8.51. The monoisotopic (exact) mass is 387 g/mol. The molecule has 2 aromatic carbocycles. The van der Waals surface area contributed by atoms with E-state index in [1.807, 2.05) is 19.1 Å². The first kappa shape index (κ1) is 19.5. The molecule has 1 amide bonds. The van der Waals surface area contributed by atoms with E-state index in [-0.39, 0.29) is 22.9 Å². The fourth-order valence-electron chi connectivity index (χ4n) is 3.36. The van der Waals surface area contributed by atoms with Gasteiger partial charge in [0.05, 0.1) is 17.0 Å². The van der Waals surface area contributed by atoms with Gasteiger partial charge in [0.15, 0.2) is 0 Å². The van der Waals surface area contributed by atoms with E-state index in [0.29, 0.717) is 6.54 Å². The van der Waals surface area contributed by atoms with Crippen molar-refractivity contribution in [3.63, 3.8) is 0 Å². The Bertz CT molecular complexity index is 910. The standard InChI is InChI=1S/C20H25N3O3S/c1-14(22-13-15-9-11-17(12-10-15)27(21,25)26)20(24)23-19-8-4-6-16-5-2-3-7-18(16)19/h2-3,5,7,9-12,14,19,22H,4,6,8,13H2,1H3,(H,23,24)(H2,21,25,26)/t14-,19-/m0/s1. The second-order valence-electron chi connectivity index (χ2n) is 6.94. The number of carbonyl (C=O) groups excluding carboxylic acids is 1. The molecule has 0 aliphatic heterocycles. The molecule has 0 saturated carbocycles. The molecule has 4 N–H and O–H groups in total. The molecule has 0 bridgehead atoms. The van der Waals surface area contributed by atoms with Gasteiger partial charge < -0.3 is 10.6 Å². The summed E-state index contributed by atoms with van der Waals surface area (Å²) in [7, 11) is -3.69. The van der Waals surface area contributed by atoms with Gasteiger partial charge in [-0.1, -0.05) is 36.4 Å². The van der Waals surface area contributed by atoms with Crippen molar-refractivity contribution in [2.24, 2.45) is 5.14 Å². The van der Waals surface area contributed by atoms with E-state index in [9.17, 15) is 13.2 Å². The largest absolute Gasteiger partial charge is 0.348 e. The van der Waals surface area contributed by atoms with Gasteiger partial charge in [-0.25, -0.2) is 13.6 Å². The zero-order valence-electron chi connectivity index (χ0n) is 15.3. The zero-order chi connectivity index (χ0) is 19.4. The lowest BCUT2D eigenvalue weighted by atomic mass is 9.87. The first-order valence-electron chi connectivity index (χ1n) is 9.08. The van der Waals surface area contributed by atoms with Crippen LogP contribution in [0.2, 0.25) is 0 Å². The molecule has 0 heterocycles. The molecule has 0 unspecified atom stereocenters. The van der Waals surface area contributed by atoms with Crippen LogP contribution in [0.5, 0.6) is 0 Å². The van der Waals surface area contributed by atoms with E-state index in [1.165, 1.54) is 23.3 Å². The zero-order valence-corrected chi connectivity index (χ0v) is 16.1. The van der Waals surface area contributed by atoms with Crippen LogP contribution in [0.1, 0.15) is 42.5 Å². The lowest BCUT2D eigenvalue weighted by molar-refractivity contribution is -0.123. The lowest BCUT2D eigenvalue weighted by Crippen LogP contribution is -2.43. The van der Waals surface area contributed by atoms with Crippen LogP contribution < -0.4 is 15.8 Å². The third kappa shape index (κ3) is 4.94. The van der Waals surface area contributed by atoms with E-state index >= 15 is 0 Å². The van der Waals surface area contributed by atoms with Gasteiger partial charge in [0.2, 0.25) is 15.9 Å². The normalized spacial score (nSPS) is 17.8. The smallest absolute Gasteiger partial charge is 0.238 e. The Balaban J connectivity index is 1.56. The van der Waals surface area contributed by atoms with Crippen LogP contribution >= 0.6 is 0 Å². The van der Waals surface area contributed by atoms with Gasteiger partial charge in [-0.2, -0.15) is 0 Å². The minimum absolute atomic E-state index is 0.0436. The van der Waals surface area contributed by atoms with Crippen molar-refractivity contribution in [2.75, 3.05) is 0 Å². The molecule has 2 aromatic rings. The summed E-state index contributed by atoms with van der Waals surface area (Å²) in [5.74, 6) is -0.0436. The Labute approximate surface area is 160 Å². The molecular formula is C20H25N3O3S. The van der Waals surface area contributed by atoms with E-state index in [4.69, 9.17) is 5.14 Å². The van der Waals surface area contributed by atoms with Crippen LogP contribution in [0.4, 0.5) is 0 Å². The number of hydrogen-bond donors (Lipinski definition) is 3. The average Bonchev–Trinajstić information content (AvgIpc) is 2.66. The number of rotatable bonds is 6. The molecule has 0 saturated heterocycles. The maximum atomic E-state index is 12.6. The predicted octanol–water partition coefficient (Wildman–Crippen LogP) is 2.01. The minimum Gasteiger partial charge on any atom is -0.348 e. The van der Waals surface area contributed by atoms with Gasteiger partial charge in [0.25, 0.3) is 0 Å². The summed E-state index contributed by atoms with van der Waals surface area (Å²) < 4.78 is 22.6. The lowest BCUT2D eigenvalue weighted by Gasteiger charge is -2.27. The van der Waals surface area contributed by atoms with Crippen LogP contribution in [0.15, 0.2) is 53.4 Å². The maximum absolute atomic E-state index is 12.6. The fraction of sp³-hybridized carbons (Fsp3) is 0.350. The second kappa shape index (κ2) is 8.21. The summed E-state index contributed by atoms with van der Waals surface area (Å²) in [4.78, 5) is 12.6. The molecule has 3 rings (SSSR count). The molecule has 6 nitrogen and oxygen atoms in total. The number of nitrogens with one attached hydrogen (secondary N) is 2. The predicted molar refractivity (Wildman–Crippen MR) is 104 cm³/mol. The van der Waals surface area contributed by atoms with E-state index < -0.39 is 10.0 Å². The first-order chi connectivity index (χ1) is 12.8. The summed E-state index contributed by atoms with van der Waals surface area (Å²) in [6.07, 6.45) is 3.08. The van der Waals surface area contributed by atoms with Gasteiger partial charge in [0.1, 0.15) is 0 Å². The number of primary sulfonamides is 1. The molecule has 7 heteroatoms. The summed E-state index contributed by atoms with van der Waals surface area (Å²) >= 11 is 0. The van der Waals surface area contributed by atoms with Crippen molar-refractivity contribution < 1.29 is 13.2 Å². The van der Waals surface area contributed by atoms with Crippen LogP contribution in [-0.2, 0) is 27.8 Å². The number of nitrogens with two attached hydrogens (primary N) is 1. The van der Waals surface area contributed by atoms with Crippen molar-refractivity contribution in [1.82, 2.24) is 10.6 Å². The minimum atomic E-state index is -3.69. The summed E-state index contributed by atoms with van der Waals surface area (Å²) in [6.45, 7) is 2.28. The third-order valence-electron chi connectivity index (χ3n) is 4.94. The van der Waals surface area contributed by atoms with Crippen molar-refractivity contribution in [3.05, 3.63) is 65.2 Å². The average molecular weight is 388 g/mol. The van der Waals surface area contributed by atoms with Crippen molar-refractivity contribution in [3.8, 4) is 0 Å². The number of amides is 1. The molecule has 1 aliphatic rings. The van der Waals surface area contributed by atoms with Gasteiger partial charge in [-0.15, -0.1) is 0 Å². The molecule has 0 radical (unpaired) electrons. The highest BCUT2D eigenvalue weighted by Gasteiger charge is 2.23. The maximum Gasteiger partial charge on any atom is 0.238 e. The van der Waals surface area contributed by atoms with Crippen molar-refractivity contribution in [1.29, 1.82) is 0 Å². The molecule has 27 heavy (non-hydrogen) atoms. The number of aryl methyl sites for hydroxylation is 1. The molecule has 0 fully saturated rings. The summed E-state index contributed by atoms with van der Waals surface area (Å²) in [5, 5.41) is 11.4. The Morgan fingerprint density at radius 1 is 1.19 bits per heavy atom. The molecule has 144 valence electrons. The van der Waals surface area contributed by atoms with Crippen LogP contribution in [0.25, 0.3) is 0 Å². The number of hydrogen-bond acceptors (Lipinski definition) is 4. The topological polar surface area (TPSA) is 101 Å². The Hall–Kier alpha value is -2.22. The Morgan fingerprint density at radius 3 is 2.59 bits per heavy atom. The highest BCUT2D eigenvalue weighted by molar-refractivity contribution is 7.89. The van der Waals surface area contributed by atoms with E-state index in [0.717, 1.165) is 24.8 Å². The first-order valence-corrected chi connectivity index (χ1v) is 10.6. The molecule has 2 atom stereocenters. The molecule has 1 aliphatic carbocycles. The van der Waals surface area contributed by atoms with Crippen LogP contribution in [0, 0.1) is 0 Å². The van der Waals surface area contributed by atoms with Crippen LogP contribution in [-0.4, -0.2) is 20.4 Å².